The molecule has 0 aliphatic heterocycles. The zero-order valence-corrected chi connectivity index (χ0v) is 11.6. The molecular weight excluding hydrogens is 304 g/mol. The number of benzene rings is 2. The summed E-state index contributed by atoms with van der Waals surface area (Å²) in [5, 5.41) is 12.7. The van der Waals surface area contributed by atoms with Gasteiger partial charge in [-0.25, -0.2) is 0 Å². The number of hydrogen-bond acceptors (Lipinski definition) is 3. The van der Waals surface area contributed by atoms with E-state index in [-0.39, 0.29) is 6.61 Å². The Morgan fingerprint density at radius 3 is 2.47 bits per heavy atom. The molecule has 0 saturated carbocycles. The van der Waals surface area contributed by atoms with E-state index in [1.165, 1.54) is 0 Å². The summed E-state index contributed by atoms with van der Waals surface area (Å²) in [6.07, 6.45) is 2.79. The summed E-state index contributed by atoms with van der Waals surface area (Å²) in [7, 11) is 0. The van der Waals surface area contributed by atoms with Crippen LogP contribution in [0, 0.1) is 11.3 Å². The number of nitriles is 1. The number of rotatable bonds is 4. The highest BCUT2D eigenvalue weighted by Crippen LogP contribution is 2.14. The maximum atomic E-state index is 8.93. The van der Waals surface area contributed by atoms with E-state index in [0.29, 0.717) is 5.56 Å². The molecule has 2 aromatic rings. The lowest BCUT2D eigenvalue weighted by Crippen LogP contribution is -1.92. The lowest BCUT2D eigenvalue weighted by atomic mass is 10.1. The maximum absolute atomic E-state index is 8.93. The topological polar surface area (TPSA) is 45.4 Å². The second-order valence-electron chi connectivity index (χ2n) is 3.73. The van der Waals surface area contributed by atoms with Crippen LogP contribution in [0.5, 0.6) is 0 Å². The van der Waals surface area contributed by atoms with Crippen molar-refractivity contribution in [3.8, 4) is 6.07 Å². The van der Waals surface area contributed by atoms with Gasteiger partial charge in [-0.05, 0) is 12.1 Å². The van der Waals surface area contributed by atoms with Crippen LogP contribution in [0.25, 0.3) is 0 Å². The quantitative estimate of drug-likeness (QED) is 0.637. The van der Waals surface area contributed by atoms with Crippen molar-refractivity contribution in [1.82, 2.24) is 0 Å². The fraction of sp³-hybridized carbons (Fsp3) is 0.0667. The van der Waals surface area contributed by atoms with Crippen molar-refractivity contribution in [2.75, 3.05) is 0 Å². The van der Waals surface area contributed by atoms with Crippen LogP contribution in [0.2, 0.25) is 0 Å². The maximum Gasteiger partial charge on any atom is 0.143 e. The average molecular weight is 314 g/mol. The van der Waals surface area contributed by atoms with Gasteiger partial charge in [-0.2, -0.15) is 5.26 Å². The smallest absolute Gasteiger partial charge is 0.143 e. The number of halogens is 1. The highest BCUT2D eigenvalue weighted by Gasteiger charge is 2.00. The van der Waals surface area contributed by atoms with Crippen molar-refractivity contribution < 1.29 is 4.84 Å². The molecular formula is C15H10BrN2O. The minimum Gasteiger partial charge on any atom is -0.390 e. The Morgan fingerprint density at radius 1 is 1.05 bits per heavy atom. The summed E-state index contributed by atoms with van der Waals surface area (Å²) < 4.78 is 0.903. The molecule has 0 saturated heterocycles. The SMILES string of the molecule is N#Cc1ccccc1CO/N=[C]\c1ccccc1Br. The molecule has 0 aliphatic rings. The van der Waals surface area contributed by atoms with Crippen LogP contribution in [-0.4, -0.2) is 6.21 Å². The van der Waals surface area contributed by atoms with E-state index in [1.807, 2.05) is 42.5 Å². The van der Waals surface area contributed by atoms with Crippen LogP contribution in [0.3, 0.4) is 0 Å². The molecule has 1 radical (unpaired) electrons. The summed E-state index contributed by atoms with van der Waals surface area (Å²) in [6, 6.07) is 17.0. The molecule has 0 fully saturated rings. The highest BCUT2D eigenvalue weighted by molar-refractivity contribution is 9.10. The predicted octanol–water partition coefficient (Wildman–Crippen LogP) is 3.75. The minimum absolute atomic E-state index is 0.251. The van der Waals surface area contributed by atoms with E-state index in [0.717, 1.165) is 15.6 Å². The molecule has 0 atom stereocenters. The third kappa shape index (κ3) is 3.67. The second-order valence-corrected chi connectivity index (χ2v) is 4.58. The molecule has 0 aromatic heterocycles. The van der Waals surface area contributed by atoms with Crippen molar-refractivity contribution in [3.63, 3.8) is 0 Å². The first-order valence-corrected chi connectivity index (χ1v) is 6.41. The van der Waals surface area contributed by atoms with Crippen LogP contribution < -0.4 is 0 Å². The molecule has 0 amide bonds. The van der Waals surface area contributed by atoms with E-state index in [1.54, 1.807) is 6.07 Å². The van der Waals surface area contributed by atoms with Crippen molar-refractivity contribution in [2.45, 2.75) is 6.61 Å². The van der Waals surface area contributed by atoms with Gasteiger partial charge in [-0.15, -0.1) is 0 Å². The summed E-state index contributed by atoms with van der Waals surface area (Å²) in [5.41, 5.74) is 2.22. The Hall–Kier alpha value is -2.12. The van der Waals surface area contributed by atoms with Crippen molar-refractivity contribution in [2.24, 2.45) is 5.16 Å². The van der Waals surface area contributed by atoms with Crippen molar-refractivity contribution in [3.05, 3.63) is 69.7 Å². The molecule has 0 unspecified atom stereocenters. The molecule has 0 heterocycles. The fourth-order valence-corrected chi connectivity index (χ4v) is 1.86. The summed E-state index contributed by atoms with van der Waals surface area (Å²) in [4.78, 5) is 5.16. The Balaban J connectivity index is 1.98. The Bertz CT molecular complexity index is 632. The molecule has 2 aromatic carbocycles. The monoisotopic (exact) mass is 313 g/mol. The largest absolute Gasteiger partial charge is 0.390 e. The predicted molar refractivity (Wildman–Crippen MR) is 76.6 cm³/mol. The molecule has 4 heteroatoms. The highest BCUT2D eigenvalue weighted by atomic mass is 79.9. The van der Waals surface area contributed by atoms with Gasteiger partial charge in [0.15, 0.2) is 0 Å². The molecule has 0 N–H and O–H groups in total. The lowest BCUT2D eigenvalue weighted by Gasteiger charge is -2.01. The van der Waals surface area contributed by atoms with Crippen molar-refractivity contribution in [1.29, 1.82) is 5.26 Å². The van der Waals surface area contributed by atoms with Crippen LogP contribution >= 0.6 is 15.9 Å². The zero-order valence-electron chi connectivity index (χ0n) is 10.0. The van der Waals surface area contributed by atoms with Gasteiger partial charge in [0.2, 0.25) is 0 Å². The molecule has 93 valence electrons. The van der Waals surface area contributed by atoms with Gasteiger partial charge in [-0.1, -0.05) is 57.5 Å². The first kappa shape index (κ1) is 13.3. The van der Waals surface area contributed by atoms with Gasteiger partial charge in [0.05, 0.1) is 11.6 Å². The molecule has 0 bridgehead atoms. The average Bonchev–Trinajstić information content (AvgIpc) is 2.45. The Kier molecular flexibility index (Phi) is 4.71. The van der Waals surface area contributed by atoms with E-state index in [9.17, 15) is 0 Å². The summed E-state index contributed by atoms with van der Waals surface area (Å²) >= 11 is 3.39. The molecule has 2 rings (SSSR count). The first-order valence-electron chi connectivity index (χ1n) is 5.62. The van der Waals surface area contributed by atoms with E-state index >= 15 is 0 Å². The number of hydrogen-bond donors (Lipinski definition) is 0. The fourth-order valence-electron chi connectivity index (χ4n) is 1.49. The van der Waals surface area contributed by atoms with Gasteiger partial charge in [-0.3, -0.25) is 0 Å². The number of nitrogens with zero attached hydrogens (tertiary/aromatic N) is 2. The standard InChI is InChI=1S/C15H10BrN2O/c16-15-8-4-3-6-13(15)10-18-19-11-14-7-2-1-5-12(14)9-17/h1-8H,11H2. The van der Waals surface area contributed by atoms with E-state index in [4.69, 9.17) is 10.1 Å². The van der Waals surface area contributed by atoms with Crippen LogP contribution in [0.4, 0.5) is 0 Å². The van der Waals surface area contributed by atoms with Crippen LogP contribution in [-0.2, 0) is 11.4 Å². The van der Waals surface area contributed by atoms with Crippen LogP contribution in [0.15, 0.2) is 58.2 Å². The van der Waals surface area contributed by atoms with Gasteiger partial charge in [0, 0.05) is 15.6 Å². The third-order valence-electron chi connectivity index (χ3n) is 2.46. The van der Waals surface area contributed by atoms with Gasteiger partial charge in [0.1, 0.15) is 12.8 Å². The first-order chi connectivity index (χ1) is 9.31. The summed E-state index contributed by atoms with van der Waals surface area (Å²) in [6.45, 7) is 0.251. The van der Waals surface area contributed by atoms with Crippen LogP contribution in [0.1, 0.15) is 16.7 Å². The third-order valence-corrected chi connectivity index (χ3v) is 3.15. The lowest BCUT2D eigenvalue weighted by molar-refractivity contribution is 0.132. The molecule has 3 nitrogen and oxygen atoms in total. The Labute approximate surface area is 120 Å². The van der Waals surface area contributed by atoms with E-state index < -0.39 is 0 Å². The van der Waals surface area contributed by atoms with E-state index in [2.05, 4.69) is 33.4 Å². The second kappa shape index (κ2) is 6.72. The summed E-state index contributed by atoms with van der Waals surface area (Å²) in [5.74, 6) is 0. The van der Waals surface area contributed by atoms with Crippen molar-refractivity contribution >= 4 is 22.1 Å². The van der Waals surface area contributed by atoms with Gasteiger partial charge in [0.25, 0.3) is 0 Å². The molecule has 0 spiro atoms. The van der Waals surface area contributed by atoms with Gasteiger partial charge >= 0.3 is 0 Å². The van der Waals surface area contributed by atoms with Gasteiger partial charge < -0.3 is 4.84 Å². The molecule has 19 heavy (non-hydrogen) atoms. The Morgan fingerprint density at radius 2 is 1.74 bits per heavy atom. The molecule has 0 aliphatic carbocycles. The minimum atomic E-state index is 0.251. The zero-order chi connectivity index (χ0) is 13.5. The normalized spacial score (nSPS) is 10.3.